The van der Waals surface area contributed by atoms with E-state index in [0.29, 0.717) is 12.3 Å². The normalized spacial score (nSPS) is 40.1. The maximum Gasteiger partial charge on any atom is 0.305 e. The Labute approximate surface area is 129 Å². The van der Waals surface area contributed by atoms with Crippen molar-refractivity contribution in [3.63, 3.8) is 0 Å². The zero-order valence-corrected chi connectivity index (χ0v) is 14.9. The van der Waals surface area contributed by atoms with Gasteiger partial charge in [-0.2, -0.15) is 0 Å². The van der Waals surface area contributed by atoms with Crippen molar-refractivity contribution in [2.45, 2.75) is 74.3 Å². The smallest absolute Gasteiger partial charge is 0.305 e. The topological polar surface area (TPSA) is 43.4 Å². The quantitative estimate of drug-likeness (QED) is 0.729. The van der Waals surface area contributed by atoms with Crippen LogP contribution in [0.15, 0.2) is 0 Å². The summed E-state index contributed by atoms with van der Waals surface area (Å²) in [5.41, 5.74) is -0.508. The van der Waals surface area contributed by atoms with E-state index in [1.54, 1.807) is 13.8 Å². The number of carbonyl (C=O) groups is 2. The fraction of sp³-hybridized carbons (Fsp3) is 0.889. The standard InChI is InChI=1S/C18H32O3/c1-9-15(20)21-16-13(5)17(7,11(2)3)10-12(4)18(16,8)14(6)19/h11-13,16H,9-10H2,1-8H3. The average Bonchev–Trinajstić information content (AvgIpc) is 2.40. The highest BCUT2D eigenvalue weighted by atomic mass is 16.5. The summed E-state index contributed by atoms with van der Waals surface area (Å²) in [6, 6.07) is 0. The zero-order chi connectivity index (χ0) is 16.6. The van der Waals surface area contributed by atoms with E-state index in [-0.39, 0.29) is 35.1 Å². The molecule has 3 nitrogen and oxygen atoms in total. The van der Waals surface area contributed by atoms with Gasteiger partial charge in [0.05, 0.1) is 5.41 Å². The third-order valence-corrected chi connectivity index (χ3v) is 6.48. The largest absolute Gasteiger partial charge is 0.461 e. The second-order valence-corrected chi connectivity index (χ2v) is 7.66. The first-order valence-electron chi connectivity index (χ1n) is 8.22. The minimum absolute atomic E-state index is 0.0765. The fourth-order valence-corrected chi connectivity index (χ4v) is 3.96. The lowest BCUT2D eigenvalue weighted by Crippen LogP contribution is -2.59. The third-order valence-electron chi connectivity index (χ3n) is 6.48. The molecule has 0 saturated heterocycles. The van der Waals surface area contributed by atoms with E-state index in [0.717, 1.165) is 6.42 Å². The van der Waals surface area contributed by atoms with Crippen LogP contribution in [0.5, 0.6) is 0 Å². The van der Waals surface area contributed by atoms with E-state index in [4.69, 9.17) is 4.74 Å². The van der Waals surface area contributed by atoms with E-state index in [1.165, 1.54) is 0 Å². The van der Waals surface area contributed by atoms with E-state index < -0.39 is 5.41 Å². The second kappa shape index (κ2) is 6.10. The van der Waals surface area contributed by atoms with Gasteiger partial charge in [-0.3, -0.25) is 9.59 Å². The van der Waals surface area contributed by atoms with Gasteiger partial charge in [-0.25, -0.2) is 0 Å². The molecule has 1 aliphatic rings. The Balaban J connectivity index is 3.30. The molecule has 0 aliphatic heterocycles. The highest BCUT2D eigenvalue weighted by Crippen LogP contribution is 2.56. The van der Waals surface area contributed by atoms with Crippen molar-refractivity contribution < 1.29 is 14.3 Å². The number of hydrogen-bond donors (Lipinski definition) is 0. The van der Waals surface area contributed by atoms with Crippen LogP contribution >= 0.6 is 0 Å². The van der Waals surface area contributed by atoms with Gasteiger partial charge in [0.15, 0.2) is 0 Å². The van der Waals surface area contributed by atoms with Gasteiger partial charge in [0.1, 0.15) is 11.9 Å². The molecule has 3 heteroatoms. The van der Waals surface area contributed by atoms with Gasteiger partial charge in [0.2, 0.25) is 0 Å². The average molecular weight is 296 g/mol. The van der Waals surface area contributed by atoms with Crippen LogP contribution in [0.4, 0.5) is 0 Å². The van der Waals surface area contributed by atoms with Gasteiger partial charge in [-0.1, -0.05) is 41.5 Å². The molecular weight excluding hydrogens is 264 g/mol. The summed E-state index contributed by atoms with van der Waals surface area (Å²) in [4.78, 5) is 24.2. The van der Waals surface area contributed by atoms with Crippen LogP contribution < -0.4 is 0 Å². The molecule has 0 aromatic carbocycles. The predicted octanol–water partition coefficient (Wildman–Crippen LogP) is 4.24. The van der Waals surface area contributed by atoms with Crippen molar-refractivity contribution in [3.8, 4) is 0 Å². The maximum absolute atomic E-state index is 12.3. The highest BCUT2D eigenvalue weighted by molar-refractivity contribution is 5.84. The summed E-state index contributed by atoms with van der Waals surface area (Å²) in [5, 5.41) is 0. The SMILES string of the molecule is CCC(=O)OC1C(C)C(C)(C(C)C)CC(C)C1(C)C(C)=O. The van der Waals surface area contributed by atoms with Crippen LogP contribution in [0.3, 0.4) is 0 Å². The minimum atomic E-state index is -0.585. The van der Waals surface area contributed by atoms with Crippen molar-refractivity contribution in [1.29, 1.82) is 0 Å². The minimum Gasteiger partial charge on any atom is -0.461 e. The molecule has 1 rings (SSSR count). The molecule has 0 spiro atoms. The Morgan fingerprint density at radius 2 is 1.76 bits per heavy atom. The first-order chi connectivity index (χ1) is 9.51. The Bertz CT molecular complexity index is 415. The summed E-state index contributed by atoms with van der Waals surface area (Å²) in [6.45, 7) is 16.4. The van der Waals surface area contributed by atoms with Crippen molar-refractivity contribution in [3.05, 3.63) is 0 Å². The van der Waals surface area contributed by atoms with E-state index in [9.17, 15) is 9.59 Å². The zero-order valence-electron chi connectivity index (χ0n) is 14.9. The molecule has 0 amide bonds. The van der Waals surface area contributed by atoms with Gasteiger partial charge in [0, 0.05) is 6.42 Å². The van der Waals surface area contributed by atoms with Crippen LogP contribution in [0, 0.1) is 28.6 Å². The van der Waals surface area contributed by atoms with Crippen molar-refractivity contribution in [2.75, 3.05) is 0 Å². The van der Waals surface area contributed by atoms with Crippen LogP contribution in [0.1, 0.15) is 68.2 Å². The monoisotopic (exact) mass is 296 g/mol. The molecule has 21 heavy (non-hydrogen) atoms. The molecule has 1 saturated carbocycles. The van der Waals surface area contributed by atoms with E-state index in [2.05, 4.69) is 34.6 Å². The van der Waals surface area contributed by atoms with Gasteiger partial charge in [-0.05, 0) is 43.4 Å². The summed E-state index contributed by atoms with van der Waals surface area (Å²) in [7, 11) is 0. The molecule has 0 radical (unpaired) electrons. The van der Waals surface area contributed by atoms with Crippen LogP contribution in [-0.4, -0.2) is 17.9 Å². The molecule has 5 unspecified atom stereocenters. The summed E-state index contributed by atoms with van der Waals surface area (Å²) >= 11 is 0. The lowest BCUT2D eigenvalue weighted by Gasteiger charge is -2.56. The van der Waals surface area contributed by atoms with Crippen molar-refractivity contribution in [1.82, 2.24) is 0 Å². The molecule has 0 N–H and O–H groups in total. The molecule has 0 heterocycles. The first-order valence-corrected chi connectivity index (χ1v) is 8.22. The Morgan fingerprint density at radius 1 is 1.24 bits per heavy atom. The summed E-state index contributed by atoms with van der Waals surface area (Å²) in [5.74, 6) is 0.765. The number of rotatable bonds is 4. The number of Topliss-reactive ketones (excluding diaryl/α,β-unsaturated/α-hetero) is 1. The van der Waals surface area contributed by atoms with Gasteiger partial charge in [-0.15, -0.1) is 0 Å². The molecular formula is C18H32O3. The van der Waals surface area contributed by atoms with E-state index in [1.807, 2.05) is 6.92 Å². The summed E-state index contributed by atoms with van der Waals surface area (Å²) in [6.07, 6.45) is 1.00. The third kappa shape index (κ3) is 2.89. The van der Waals surface area contributed by atoms with Crippen LogP contribution in [0.25, 0.3) is 0 Å². The number of ether oxygens (including phenoxy) is 1. The van der Waals surface area contributed by atoms with Crippen molar-refractivity contribution >= 4 is 11.8 Å². The van der Waals surface area contributed by atoms with E-state index >= 15 is 0 Å². The number of esters is 1. The highest BCUT2D eigenvalue weighted by Gasteiger charge is 2.58. The molecule has 5 atom stereocenters. The van der Waals surface area contributed by atoms with Crippen LogP contribution in [0.2, 0.25) is 0 Å². The molecule has 1 aliphatic carbocycles. The lowest BCUT2D eigenvalue weighted by molar-refractivity contribution is -0.189. The second-order valence-electron chi connectivity index (χ2n) is 7.66. The Hall–Kier alpha value is -0.860. The fourth-order valence-electron chi connectivity index (χ4n) is 3.96. The van der Waals surface area contributed by atoms with Gasteiger partial charge >= 0.3 is 5.97 Å². The number of ketones is 1. The summed E-state index contributed by atoms with van der Waals surface area (Å²) < 4.78 is 5.79. The van der Waals surface area contributed by atoms with Crippen molar-refractivity contribution in [2.24, 2.45) is 28.6 Å². The van der Waals surface area contributed by atoms with Gasteiger partial charge in [0.25, 0.3) is 0 Å². The van der Waals surface area contributed by atoms with Crippen LogP contribution in [-0.2, 0) is 14.3 Å². The van der Waals surface area contributed by atoms with Gasteiger partial charge < -0.3 is 4.74 Å². The number of carbonyl (C=O) groups excluding carboxylic acids is 2. The molecule has 0 aromatic heterocycles. The predicted molar refractivity (Wildman–Crippen MR) is 84.8 cm³/mol. The molecule has 1 fully saturated rings. The molecule has 122 valence electrons. The maximum atomic E-state index is 12.3. The molecule has 0 aromatic rings. The number of hydrogen-bond acceptors (Lipinski definition) is 3. The lowest BCUT2D eigenvalue weighted by atomic mass is 9.50. The Morgan fingerprint density at radius 3 is 2.14 bits per heavy atom. The first kappa shape index (κ1) is 18.2. The Kier molecular flexibility index (Phi) is 5.28. The molecule has 0 bridgehead atoms.